The number of aromatic nitrogens is 3. The van der Waals surface area contributed by atoms with Crippen LogP contribution in [0.4, 0.5) is 5.00 Å². The highest BCUT2D eigenvalue weighted by molar-refractivity contribution is 7.99. The van der Waals surface area contributed by atoms with E-state index in [0.29, 0.717) is 34.0 Å². The lowest BCUT2D eigenvalue weighted by molar-refractivity contribution is -0.113. The Morgan fingerprint density at radius 1 is 1.18 bits per heavy atom. The Morgan fingerprint density at radius 2 is 1.95 bits per heavy atom. The number of benzene rings is 1. The van der Waals surface area contributed by atoms with E-state index in [1.165, 1.54) is 40.6 Å². The topological polar surface area (TPSA) is 95.3 Å². The highest BCUT2D eigenvalue weighted by atomic mass is 32.2. The van der Waals surface area contributed by atoms with Crippen LogP contribution in [0.5, 0.6) is 5.75 Å². The second kappa shape index (κ2) is 13.1. The van der Waals surface area contributed by atoms with Gasteiger partial charge in [-0.05, 0) is 54.9 Å². The predicted molar refractivity (Wildman–Crippen MR) is 151 cm³/mol. The number of anilines is 1. The Bertz CT molecular complexity index is 1280. The lowest BCUT2D eigenvalue weighted by Gasteiger charge is -2.10. The molecule has 0 saturated heterocycles. The van der Waals surface area contributed by atoms with Crippen molar-refractivity contribution in [2.24, 2.45) is 0 Å². The molecule has 1 aliphatic rings. The Morgan fingerprint density at radius 3 is 2.66 bits per heavy atom. The van der Waals surface area contributed by atoms with Gasteiger partial charge in [-0.1, -0.05) is 50.2 Å². The van der Waals surface area contributed by atoms with Crippen molar-refractivity contribution in [1.82, 2.24) is 14.8 Å². The third-order valence-corrected chi connectivity index (χ3v) is 8.59. The minimum atomic E-state index is -0.401. The van der Waals surface area contributed by atoms with Crippen molar-refractivity contribution in [1.29, 1.82) is 0 Å². The zero-order chi connectivity index (χ0) is 27.1. The van der Waals surface area contributed by atoms with Gasteiger partial charge in [0.2, 0.25) is 5.91 Å². The number of amides is 1. The molecule has 38 heavy (non-hydrogen) atoms. The van der Waals surface area contributed by atoms with Crippen molar-refractivity contribution in [3.05, 3.63) is 64.3 Å². The molecule has 0 saturated carbocycles. The molecule has 0 radical (unpaired) electrons. The number of nitrogens with one attached hydrogen (secondary N) is 1. The molecule has 1 aromatic carbocycles. The number of thioether (sulfide) groups is 1. The summed E-state index contributed by atoms with van der Waals surface area (Å²) in [4.78, 5) is 26.6. The van der Waals surface area contributed by atoms with Crippen LogP contribution in [0.2, 0.25) is 0 Å². The lowest BCUT2D eigenvalue weighted by Crippen LogP contribution is -2.17. The molecule has 0 atom stereocenters. The number of hydrogen-bond acceptors (Lipinski definition) is 8. The van der Waals surface area contributed by atoms with Crippen molar-refractivity contribution in [3.8, 4) is 5.75 Å². The first-order valence-corrected chi connectivity index (χ1v) is 14.6. The molecule has 0 spiro atoms. The first-order valence-electron chi connectivity index (χ1n) is 12.8. The maximum Gasteiger partial charge on any atom is 0.341 e. The molecule has 1 amide bonds. The van der Waals surface area contributed by atoms with Crippen molar-refractivity contribution in [2.75, 3.05) is 18.2 Å². The highest BCUT2D eigenvalue weighted by Crippen LogP contribution is 2.38. The summed E-state index contributed by atoms with van der Waals surface area (Å²) in [6.45, 7) is 8.88. The molecule has 8 nitrogen and oxygen atoms in total. The zero-order valence-corrected chi connectivity index (χ0v) is 23.8. The minimum Gasteiger partial charge on any atom is -0.486 e. The van der Waals surface area contributed by atoms with Crippen molar-refractivity contribution >= 4 is 40.0 Å². The Hall–Kier alpha value is -3.11. The third-order valence-electron chi connectivity index (χ3n) is 6.42. The molecule has 0 aliphatic heterocycles. The number of carbonyl (C=O) groups is 2. The van der Waals surface area contributed by atoms with Gasteiger partial charge in [0.1, 0.15) is 17.4 Å². The van der Waals surface area contributed by atoms with Gasteiger partial charge in [0, 0.05) is 11.4 Å². The van der Waals surface area contributed by atoms with Crippen LogP contribution in [0.25, 0.3) is 0 Å². The van der Waals surface area contributed by atoms with E-state index in [4.69, 9.17) is 9.47 Å². The summed E-state index contributed by atoms with van der Waals surface area (Å²) in [5.41, 5.74) is 2.78. The molecule has 2 aromatic heterocycles. The van der Waals surface area contributed by atoms with Gasteiger partial charge in [0.05, 0.1) is 18.4 Å². The minimum absolute atomic E-state index is 0.121. The van der Waals surface area contributed by atoms with E-state index >= 15 is 0 Å². The lowest BCUT2D eigenvalue weighted by atomic mass is 10.0. The molecule has 10 heteroatoms. The second-order valence-electron chi connectivity index (χ2n) is 9.41. The van der Waals surface area contributed by atoms with Crippen LogP contribution in [0.15, 0.2) is 42.1 Å². The number of carbonyl (C=O) groups excluding carboxylic acids is 2. The monoisotopic (exact) mass is 554 g/mol. The van der Waals surface area contributed by atoms with Gasteiger partial charge in [-0.25, -0.2) is 4.79 Å². The predicted octanol–water partition coefficient (Wildman–Crippen LogP) is 6.01. The van der Waals surface area contributed by atoms with Crippen LogP contribution in [-0.4, -0.2) is 39.5 Å². The number of rotatable bonds is 11. The molecule has 202 valence electrons. The summed E-state index contributed by atoms with van der Waals surface area (Å²) < 4.78 is 12.9. The number of aryl methyl sites for hydroxylation is 1. The fraction of sp³-hybridized carbons (Fsp3) is 0.429. The van der Waals surface area contributed by atoms with Crippen LogP contribution in [-0.2, 0) is 35.5 Å². The number of allylic oxidation sites excluding steroid dienone is 1. The molecule has 0 fully saturated rings. The fourth-order valence-electron chi connectivity index (χ4n) is 4.38. The molecular weight excluding hydrogens is 520 g/mol. The number of fused-ring (bicyclic) bond motifs is 1. The maximum absolute atomic E-state index is 12.9. The van der Waals surface area contributed by atoms with Crippen LogP contribution in [0.1, 0.15) is 71.2 Å². The number of methoxy groups -OCH3 is 1. The van der Waals surface area contributed by atoms with Gasteiger partial charge in [-0.15, -0.1) is 28.1 Å². The fourth-order valence-corrected chi connectivity index (χ4v) is 6.44. The second-order valence-corrected chi connectivity index (χ2v) is 11.5. The first-order chi connectivity index (χ1) is 18.4. The quantitative estimate of drug-likeness (QED) is 0.134. The van der Waals surface area contributed by atoms with E-state index in [1.54, 1.807) is 6.08 Å². The van der Waals surface area contributed by atoms with Gasteiger partial charge in [-0.3, -0.25) is 9.36 Å². The Labute approximate surface area is 231 Å². The van der Waals surface area contributed by atoms with E-state index in [0.717, 1.165) is 43.4 Å². The molecule has 4 rings (SSSR count). The van der Waals surface area contributed by atoms with Crippen molar-refractivity contribution in [2.45, 2.75) is 70.2 Å². The van der Waals surface area contributed by atoms with Crippen molar-refractivity contribution < 1.29 is 19.1 Å². The Balaban J connectivity index is 1.41. The van der Waals surface area contributed by atoms with E-state index in [1.807, 2.05) is 16.7 Å². The zero-order valence-electron chi connectivity index (χ0n) is 22.1. The van der Waals surface area contributed by atoms with E-state index < -0.39 is 5.97 Å². The summed E-state index contributed by atoms with van der Waals surface area (Å²) in [5, 5.41) is 12.7. The van der Waals surface area contributed by atoms with Gasteiger partial charge in [-0.2, -0.15) is 0 Å². The average molecular weight is 555 g/mol. The molecule has 0 unspecified atom stereocenters. The number of hydrogen-bond donors (Lipinski definition) is 1. The molecule has 3 aromatic rings. The van der Waals surface area contributed by atoms with Crippen LogP contribution in [0, 0.1) is 0 Å². The largest absolute Gasteiger partial charge is 0.486 e. The number of nitrogens with zero attached hydrogens (tertiary/aromatic N) is 3. The SMILES string of the molecule is C=CCn1c(COc2ccc(C(C)C)cc2)nnc1SCC(=O)Nc1sc2c(c1C(=O)OC)CCCCC2. The summed E-state index contributed by atoms with van der Waals surface area (Å²) in [6.07, 6.45) is 6.78. The third kappa shape index (κ3) is 6.66. The molecular formula is C28H34N4O4S2. The van der Waals surface area contributed by atoms with E-state index in [2.05, 4.69) is 48.1 Å². The van der Waals surface area contributed by atoms with Gasteiger partial charge < -0.3 is 14.8 Å². The van der Waals surface area contributed by atoms with Gasteiger partial charge in [0.15, 0.2) is 11.0 Å². The van der Waals surface area contributed by atoms with Crippen molar-refractivity contribution in [3.63, 3.8) is 0 Å². The van der Waals surface area contributed by atoms with Gasteiger partial charge >= 0.3 is 5.97 Å². The average Bonchev–Trinajstić information content (AvgIpc) is 3.37. The first kappa shape index (κ1) is 27.9. The number of thiophene rings is 1. The normalized spacial score (nSPS) is 13.1. The van der Waals surface area contributed by atoms with Crippen LogP contribution >= 0.6 is 23.1 Å². The summed E-state index contributed by atoms with van der Waals surface area (Å²) >= 11 is 2.77. The molecule has 1 N–H and O–H groups in total. The molecule has 0 bridgehead atoms. The summed E-state index contributed by atoms with van der Waals surface area (Å²) in [7, 11) is 1.37. The smallest absolute Gasteiger partial charge is 0.341 e. The van der Waals surface area contributed by atoms with E-state index in [9.17, 15) is 9.59 Å². The summed E-state index contributed by atoms with van der Waals surface area (Å²) in [5.74, 6) is 1.37. The molecule has 1 aliphatic carbocycles. The highest BCUT2D eigenvalue weighted by Gasteiger charge is 2.26. The van der Waals surface area contributed by atoms with Gasteiger partial charge in [0.25, 0.3) is 0 Å². The Kier molecular flexibility index (Phi) is 9.63. The number of ether oxygens (including phenoxy) is 2. The number of esters is 1. The van der Waals surface area contributed by atoms with Crippen LogP contribution in [0.3, 0.4) is 0 Å². The maximum atomic E-state index is 12.9. The standard InChI is InChI=1S/C28H34N4O4S2/c1-5-15-32-23(16-36-20-13-11-19(12-14-20)18(2)3)30-31-28(32)37-17-24(33)29-26-25(27(34)35-4)21-9-7-6-8-10-22(21)38-26/h5,11-14,18H,1,6-10,15-17H2,2-4H3,(H,29,33). The van der Waals surface area contributed by atoms with E-state index in [-0.39, 0.29) is 18.3 Å². The summed E-state index contributed by atoms with van der Waals surface area (Å²) in [6, 6.07) is 8.03. The molecule has 2 heterocycles. The van der Waals surface area contributed by atoms with Crippen LogP contribution < -0.4 is 10.1 Å².